The summed E-state index contributed by atoms with van der Waals surface area (Å²) < 4.78 is 0. The predicted octanol–water partition coefficient (Wildman–Crippen LogP) is 3.95. The Bertz CT molecular complexity index is 381. The minimum atomic E-state index is 0.213. The highest BCUT2D eigenvalue weighted by Crippen LogP contribution is 2.18. The van der Waals surface area contributed by atoms with E-state index in [4.69, 9.17) is 0 Å². The van der Waals surface area contributed by atoms with Crippen LogP contribution in [0.15, 0.2) is 17.5 Å². The number of carbonyl (C=O) groups is 1. The lowest BCUT2D eigenvalue weighted by Gasteiger charge is -2.32. The van der Waals surface area contributed by atoms with Crippen molar-refractivity contribution in [1.29, 1.82) is 0 Å². The van der Waals surface area contributed by atoms with E-state index in [1.165, 1.54) is 17.7 Å². The fourth-order valence-electron chi connectivity index (χ4n) is 2.49. The van der Waals surface area contributed by atoms with E-state index in [9.17, 15) is 4.79 Å². The average Bonchev–Trinajstić information content (AvgIpc) is 2.74. The number of nitrogens with zero attached hydrogens (tertiary/aromatic N) is 2. The molecule has 1 aromatic rings. The van der Waals surface area contributed by atoms with Gasteiger partial charge in [0.05, 0.1) is 6.54 Å². The van der Waals surface area contributed by atoms with Crippen LogP contribution in [0.1, 0.15) is 44.4 Å². The molecule has 0 unspecified atom stereocenters. The number of likely N-dealkylation sites (tertiary alicyclic amines) is 1. The molecule has 0 bridgehead atoms. The second kappa shape index (κ2) is 6.94. The van der Waals surface area contributed by atoms with E-state index in [0.717, 1.165) is 32.5 Å². The van der Waals surface area contributed by atoms with Crippen molar-refractivity contribution in [1.82, 2.24) is 9.80 Å². The monoisotopic (exact) mass is 280 g/mol. The molecule has 19 heavy (non-hydrogen) atoms. The largest absolute Gasteiger partial charge is 0.325 e. The molecule has 0 aromatic carbocycles. The summed E-state index contributed by atoms with van der Waals surface area (Å²) in [6.45, 7) is 6.79. The van der Waals surface area contributed by atoms with Crippen molar-refractivity contribution in [3.8, 4) is 0 Å². The molecule has 0 aliphatic carbocycles. The first-order chi connectivity index (χ1) is 9.18. The smallest absolute Gasteiger partial charge is 0.320 e. The lowest BCUT2D eigenvalue weighted by Crippen LogP contribution is -2.46. The molecule has 0 spiro atoms. The topological polar surface area (TPSA) is 23.6 Å². The van der Waals surface area contributed by atoms with Crippen molar-refractivity contribution in [2.75, 3.05) is 13.1 Å². The van der Waals surface area contributed by atoms with Gasteiger partial charge in [-0.3, -0.25) is 0 Å². The maximum Gasteiger partial charge on any atom is 0.320 e. The van der Waals surface area contributed by atoms with Crippen molar-refractivity contribution in [2.45, 2.75) is 52.1 Å². The van der Waals surface area contributed by atoms with E-state index in [1.54, 1.807) is 11.3 Å². The highest BCUT2D eigenvalue weighted by atomic mass is 32.1. The van der Waals surface area contributed by atoms with Crippen LogP contribution in [0.3, 0.4) is 0 Å². The summed E-state index contributed by atoms with van der Waals surface area (Å²) in [5.74, 6) is 0. The van der Waals surface area contributed by atoms with E-state index in [-0.39, 0.29) is 12.1 Å². The minimum absolute atomic E-state index is 0.213. The van der Waals surface area contributed by atoms with Gasteiger partial charge in [0.1, 0.15) is 0 Å². The molecule has 2 amide bonds. The van der Waals surface area contributed by atoms with Crippen LogP contribution in [-0.4, -0.2) is 35.0 Å². The first kappa shape index (κ1) is 14.4. The Labute approximate surface area is 120 Å². The first-order valence-corrected chi connectivity index (χ1v) is 8.14. The van der Waals surface area contributed by atoms with Gasteiger partial charge >= 0.3 is 6.03 Å². The molecule has 1 fully saturated rings. The van der Waals surface area contributed by atoms with Crippen molar-refractivity contribution in [2.24, 2.45) is 0 Å². The maximum absolute atomic E-state index is 12.7. The first-order valence-electron chi connectivity index (χ1n) is 7.26. The third-order valence-electron chi connectivity index (χ3n) is 3.65. The van der Waals surface area contributed by atoms with Gasteiger partial charge in [0, 0.05) is 24.0 Å². The summed E-state index contributed by atoms with van der Waals surface area (Å²) in [6, 6.07) is 4.62. The van der Waals surface area contributed by atoms with Crippen LogP contribution < -0.4 is 0 Å². The van der Waals surface area contributed by atoms with Crippen molar-refractivity contribution < 1.29 is 4.79 Å². The van der Waals surface area contributed by atoms with Crippen LogP contribution in [0.4, 0.5) is 4.79 Å². The number of hydrogen-bond acceptors (Lipinski definition) is 2. The van der Waals surface area contributed by atoms with Gasteiger partial charge in [0.25, 0.3) is 0 Å². The molecule has 1 saturated heterocycles. The second-order valence-corrected chi connectivity index (χ2v) is 6.52. The average molecular weight is 280 g/mol. The van der Waals surface area contributed by atoms with Crippen LogP contribution in [0.25, 0.3) is 0 Å². The molecule has 0 radical (unpaired) electrons. The quantitative estimate of drug-likeness (QED) is 0.822. The van der Waals surface area contributed by atoms with E-state index in [2.05, 4.69) is 31.4 Å². The summed E-state index contributed by atoms with van der Waals surface area (Å²) in [7, 11) is 0. The number of thiophene rings is 1. The van der Waals surface area contributed by atoms with Gasteiger partial charge in [-0.15, -0.1) is 11.3 Å². The molecular formula is C15H24N2OS. The molecule has 0 N–H and O–H groups in total. The van der Waals surface area contributed by atoms with E-state index < -0.39 is 0 Å². The number of urea groups is 1. The molecule has 0 atom stereocenters. The molecular weight excluding hydrogens is 256 g/mol. The van der Waals surface area contributed by atoms with E-state index in [0.29, 0.717) is 0 Å². The Balaban J connectivity index is 2.02. The molecule has 1 aliphatic heterocycles. The van der Waals surface area contributed by atoms with Gasteiger partial charge in [-0.25, -0.2) is 4.79 Å². The standard InChI is InChI=1S/C15H24N2OS/c1-13(2)17(12-14-8-7-11-19-14)15(18)16-9-5-3-4-6-10-16/h7-8,11,13H,3-6,9-10,12H2,1-2H3. The van der Waals surface area contributed by atoms with Gasteiger partial charge in [0.2, 0.25) is 0 Å². The Hall–Kier alpha value is -1.03. The zero-order chi connectivity index (χ0) is 13.7. The summed E-state index contributed by atoms with van der Waals surface area (Å²) in [5, 5.41) is 2.07. The Morgan fingerprint density at radius 2 is 2.00 bits per heavy atom. The summed E-state index contributed by atoms with van der Waals surface area (Å²) in [6.07, 6.45) is 4.82. The molecule has 1 aromatic heterocycles. The van der Waals surface area contributed by atoms with E-state index in [1.807, 2.05) is 9.80 Å². The van der Waals surface area contributed by atoms with E-state index >= 15 is 0 Å². The number of amides is 2. The summed E-state index contributed by atoms with van der Waals surface area (Å²) in [4.78, 5) is 18.0. The minimum Gasteiger partial charge on any atom is -0.325 e. The van der Waals surface area contributed by atoms with Gasteiger partial charge in [-0.1, -0.05) is 18.9 Å². The third-order valence-corrected chi connectivity index (χ3v) is 4.51. The third kappa shape index (κ3) is 3.96. The lowest BCUT2D eigenvalue weighted by atomic mass is 10.2. The fraction of sp³-hybridized carbons (Fsp3) is 0.667. The fourth-order valence-corrected chi connectivity index (χ4v) is 3.19. The SMILES string of the molecule is CC(C)N(Cc1cccs1)C(=O)N1CCCCCC1. The molecule has 2 heterocycles. The number of rotatable bonds is 3. The molecule has 3 nitrogen and oxygen atoms in total. The highest BCUT2D eigenvalue weighted by Gasteiger charge is 2.24. The van der Waals surface area contributed by atoms with Crippen molar-refractivity contribution >= 4 is 17.4 Å². The highest BCUT2D eigenvalue weighted by molar-refractivity contribution is 7.09. The summed E-state index contributed by atoms with van der Waals surface area (Å²) in [5.41, 5.74) is 0. The predicted molar refractivity (Wildman–Crippen MR) is 80.4 cm³/mol. The Morgan fingerprint density at radius 3 is 2.53 bits per heavy atom. The molecule has 4 heteroatoms. The van der Waals surface area contributed by atoms with Gasteiger partial charge in [0.15, 0.2) is 0 Å². The second-order valence-electron chi connectivity index (χ2n) is 5.48. The van der Waals surface area contributed by atoms with Crippen LogP contribution in [-0.2, 0) is 6.54 Å². The number of carbonyl (C=O) groups excluding carboxylic acids is 1. The number of hydrogen-bond donors (Lipinski definition) is 0. The van der Waals surface area contributed by atoms with Gasteiger partial charge in [-0.05, 0) is 38.1 Å². The molecule has 0 saturated carbocycles. The van der Waals surface area contributed by atoms with Crippen LogP contribution in [0.5, 0.6) is 0 Å². The van der Waals surface area contributed by atoms with Crippen LogP contribution in [0.2, 0.25) is 0 Å². The van der Waals surface area contributed by atoms with Crippen LogP contribution >= 0.6 is 11.3 Å². The Morgan fingerprint density at radius 1 is 1.32 bits per heavy atom. The van der Waals surface area contributed by atoms with Gasteiger partial charge in [-0.2, -0.15) is 0 Å². The molecule has 2 rings (SSSR count). The van der Waals surface area contributed by atoms with Gasteiger partial charge < -0.3 is 9.80 Å². The summed E-state index contributed by atoms with van der Waals surface area (Å²) >= 11 is 1.72. The normalized spacial score (nSPS) is 16.5. The molecule has 1 aliphatic rings. The zero-order valence-electron chi connectivity index (χ0n) is 12.0. The zero-order valence-corrected chi connectivity index (χ0v) is 12.8. The van der Waals surface area contributed by atoms with Crippen molar-refractivity contribution in [3.05, 3.63) is 22.4 Å². The molecule has 106 valence electrons. The van der Waals surface area contributed by atoms with Crippen LogP contribution in [0, 0.1) is 0 Å². The lowest BCUT2D eigenvalue weighted by molar-refractivity contribution is 0.138. The van der Waals surface area contributed by atoms with Crippen molar-refractivity contribution in [3.63, 3.8) is 0 Å². The Kier molecular flexibility index (Phi) is 5.25. The maximum atomic E-state index is 12.7.